The number of benzene rings is 3. The number of oxazole rings is 1. The number of nitrogens with one attached hydrogen (secondary N) is 1. The normalized spacial score (nSPS) is 13.2. The molecule has 1 aromatic heterocycles. The summed E-state index contributed by atoms with van der Waals surface area (Å²) in [6.07, 6.45) is 2.24. The molecule has 32 heavy (non-hydrogen) atoms. The zero-order valence-corrected chi connectivity index (χ0v) is 18.1. The minimum atomic E-state index is -0.0949. The van der Waals surface area contributed by atoms with E-state index in [1.807, 2.05) is 36.4 Å². The molecule has 6 nitrogen and oxygen atoms in total. The minimum absolute atomic E-state index is 0.0949. The van der Waals surface area contributed by atoms with E-state index >= 15 is 0 Å². The summed E-state index contributed by atoms with van der Waals surface area (Å²) in [5.41, 5.74) is 5.51. The highest BCUT2D eigenvalue weighted by molar-refractivity contribution is 5.97. The molecule has 0 radical (unpaired) electrons. The summed E-state index contributed by atoms with van der Waals surface area (Å²) in [7, 11) is 3.22. The van der Waals surface area contributed by atoms with E-state index in [1.165, 1.54) is 11.1 Å². The van der Waals surface area contributed by atoms with Crippen LogP contribution in [0.4, 0.5) is 0 Å². The number of ether oxygens (including phenoxy) is 2. The summed E-state index contributed by atoms with van der Waals surface area (Å²) in [5, 5.41) is 3.15. The molecule has 0 fully saturated rings. The number of carbonyl (C=O) groups excluding carboxylic acids is 1. The maximum Gasteiger partial charge on any atom is 0.251 e. The van der Waals surface area contributed by atoms with Gasteiger partial charge in [0, 0.05) is 18.0 Å². The Morgan fingerprint density at radius 3 is 2.47 bits per heavy atom. The second-order valence-corrected chi connectivity index (χ2v) is 8.00. The number of fused-ring (bicyclic) bond motifs is 2. The fourth-order valence-corrected chi connectivity index (χ4v) is 4.28. The highest BCUT2D eigenvalue weighted by atomic mass is 16.5. The first-order chi connectivity index (χ1) is 15.6. The van der Waals surface area contributed by atoms with Gasteiger partial charge in [0.25, 0.3) is 5.91 Å². The Morgan fingerprint density at radius 2 is 1.75 bits per heavy atom. The van der Waals surface area contributed by atoms with E-state index in [9.17, 15) is 4.79 Å². The van der Waals surface area contributed by atoms with Crippen LogP contribution < -0.4 is 14.8 Å². The first-order valence-corrected chi connectivity index (χ1v) is 10.6. The molecule has 1 heterocycles. The van der Waals surface area contributed by atoms with Crippen molar-refractivity contribution >= 4 is 17.0 Å². The Labute approximate surface area is 186 Å². The predicted octanol–water partition coefficient (Wildman–Crippen LogP) is 4.33. The maximum atomic E-state index is 12.8. The fraction of sp³-hybridized carbons (Fsp3) is 0.231. The molecule has 1 aliphatic carbocycles. The van der Waals surface area contributed by atoms with Gasteiger partial charge in [-0.2, -0.15) is 0 Å². The summed E-state index contributed by atoms with van der Waals surface area (Å²) < 4.78 is 16.6. The average Bonchev–Trinajstić information content (AvgIpc) is 3.40. The van der Waals surface area contributed by atoms with E-state index in [0.29, 0.717) is 35.0 Å². The monoisotopic (exact) mass is 428 g/mol. The van der Waals surface area contributed by atoms with Gasteiger partial charge in [0.2, 0.25) is 0 Å². The lowest BCUT2D eigenvalue weighted by Crippen LogP contribution is -2.35. The molecule has 0 spiro atoms. The van der Waals surface area contributed by atoms with Crippen molar-refractivity contribution < 1.29 is 18.7 Å². The van der Waals surface area contributed by atoms with Crippen LogP contribution in [0.15, 0.2) is 65.1 Å². The van der Waals surface area contributed by atoms with Crippen LogP contribution >= 0.6 is 0 Å². The van der Waals surface area contributed by atoms with Crippen LogP contribution in [0, 0.1) is 0 Å². The molecule has 0 saturated heterocycles. The van der Waals surface area contributed by atoms with Crippen molar-refractivity contribution in [3.8, 4) is 11.5 Å². The smallest absolute Gasteiger partial charge is 0.251 e. The SMILES string of the molecule is COc1ccc(Cc2nc3ccc(C(=O)NC4Cc5ccccc5C4)cc3o2)cc1OC. The molecule has 0 saturated carbocycles. The van der Waals surface area contributed by atoms with Crippen LogP contribution in [-0.2, 0) is 19.3 Å². The van der Waals surface area contributed by atoms with E-state index in [2.05, 4.69) is 22.4 Å². The molecule has 162 valence electrons. The Hall–Kier alpha value is -3.80. The topological polar surface area (TPSA) is 73.6 Å². The number of hydrogen-bond acceptors (Lipinski definition) is 5. The third kappa shape index (κ3) is 3.91. The fourth-order valence-electron chi connectivity index (χ4n) is 4.28. The van der Waals surface area contributed by atoms with Crippen LogP contribution in [0.1, 0.15) is 32.9 Å². The summed E-state index contributed by atoms with van der Waals surface area (Å²) >= 11 is 0. The zero-order chi connectivity index (χ0) is 22.1. The maximum absolute atomic E-state index is 12.8. The number of aromatic nitrogens is 1. The van der Waals surface area contributed by atoms with Gasteiger partial charge in [-0.25, -0.2) is 4.98 Å². The molecule has 1 aliphatic rings. The van der Waals surface area contributed by atoms with Crippen LogP contribution in [0.3, 0.4) is 0 Å². The lowest BCUT2D eigenvalue weighted by Gasteiger charge is -2.11. The first kappa shape index (κ1) is 20.1. The molecular weight excluding hydrogens is 404 g/mol. The molecular formula is C26H24N2O4. The van der Waals surface area contributed by atoms with Crippen molar-refractivity contribution in [3.63, 3.8) is 0 Å². The van der Waals surface area contributed by atoms with Crippen LogP contribution in [0.5, 0.6) is 11.5 Å². The second-order valence-electron chi connectivity index (χ2n) is 8.00. The molecule has 3 aromatic carbocycles. The predicted molar refractivity (Wildman–Crippen MR) is 121 cm³/mol. The molecule has 0 atom stereocenters. The van der Waals surface area contributed by atoms with Crippen molar-refractivity contribution in [2.24, 2.45) is 0 Å². The number of amides is 1. The summed E-state index contributed by atoms with van der Waals surface area (Å²) in [5.74, 6) is 1.82. The van der Waals surface area contributed by atoms with Crippen molar-refractivity contribution in [2.75, 3.05) is 14.2 Å². The van der Waals surface area contributed by atoms with Gasteiger partial charge >= 0.3 is 0 Å². The highest BCUT2D eigenvalue weighted by Gasteiger charge is 2.23. The molecule has 5 rings (SSSR count). The van der Waals surface area contributed by atoms with Gasteiger partial charge in [0.05, 0.1) is 14.2 Å². The Kier molecular flexibility index (Phi) is 5.27. The number of methoxy groups -OCH3 is 2. The zero-order valence-electron chi connectivity index (χ0n) is 18.1. The number of carbonyl (C=O) groups is 1. The number of rotatable bonds is 6. The first-order valence-electron chi connectivity index (χ1n) is 10.6. The lowest BCUT2D eigenvalue weighted by atomic mass is 10.1. The second kappa shape index (κ2) is 8.38. The quantitative estimate of drug-likeness (QED) is 0.495. The van der Waals surface area contributed by atoms with Gasteiger partial charge < -0.3 is 19.2 Å². The van der Waals surface area contributed by atoms with Crippen molar-refractivity contribution in [1.82, 2.24) is 10.3 Å². The molecule has 6 heteroatoms. The van der Waals surface area contributed by atoms with Gasteiger partial charge in [-0.1, -0.05) is 30.3 Å². The van der Waals surface area contributed by atoms with Gasteiger partial charge in [-0.15, -0.1) is 0 Å². The third-order valence-corrected chi connectivity index (χ3v) is 5.88. The van der Waals surface area contributed by atoms with E-state index in [-0.39, 0.29) is 11.9 Å². The minimum Gasteiger partial charge on any atom is -0.493 e. The molecule has 1 amide bonds. The molecule has 1 N–H and O–H groups in total. The molecule has 0 aliphatic heterocycles. The highest BCUT2D eigenvalue weighted by Crippen LogP contribution is 2.29. The van der Waals surface area contributed by atoms with Crippen LogP contribution in [0.2, 0.25) is 0 Å². The van der Waals surface area contributed by atoms with Gasteiger partial charge in [-0.05, 0) is 59.9 Å². The standard InChI is InChI=1S/C26H24N2O4/c1-30-22-10-7-16(11-24(22)31-2)12-25-28-21-9-8-19(15-23(21)32-25)26(29)27-20-13-17-5-3-4-6-18(17)14-20/h3-11,15,20H,12-14H2,1-2H3,(H,27,29). The molecule has 4 aromatic rings. The van der Waals surface area contributed by atoms with Crippen LogP contribution in [0.25, 0.3) is 11.1 Å². The molecule has 0 bridgehead atoms. The van der Waals surface area contributed by atoms with E-state index in [1.54, 1.807) is 26.4 Å². The largest absolute Gasteiger partial charge is 0.493 e. The Balaban J connectivity index is 1.30. The third-order valence-electron chi connectivity index (χ3n) is 5.88. The summed E-state index contributed by atoms with van der Waals surface area (Å²) in [4.78, 5) is 17.4. The number of hydrogen-bond donors (Lipinski definition) is 1. The van der Waals surface area contributed by atoms with Crippen LogP contribution in [-0.4, -0.2) is 31.2 Å². The van der Waals surface area contributed by atoms with Crippen molar-refractivity contribution in [1.29, 1.82) is 0 Å². The van der Waals surface area contributed by atoms with Gasteiger partial charge in [0.15, 0.2) is 23.0 Å². The Bertz CT molecular complexity index is 1270. The van der Waals surface area contributed by atoms with Gasteiger partial charge in [0.1, 0.15) is 5.52 Å². The van der Waals surface area contributed by atoms with Crippen molar-refractivity contribution in [3.05, 3.63) is 88.8 Å². The van der Waals surface area contributed by atoms with Crippen molar-refractivity contribution in [2.45, 2.75) is 25.3 Å². The summed E-state index contributed by atoms with van der Waals surface area (Å²) in [6.45, 7) is 0. The van der Waals surface area contributed by atoms with E-state index in [4.69, 9.17) is 13.9 Å². The molecule has 0 unspecified atom stereocenters. The summed E-state index contributed by atoms with van der Waals surface area (Å²) in [6, 6.07) is 19.6. The van der Waals surface area contributed by atoms with Gasteiger partial charge in [-0.3, -0.25) is 4.79 Å². The number of nitrogens with zero attached hydrogens (tertiary/aromatic N) is 1. The average molecular weight is 428 g/mol. The lowest BCUT2D eigenvalue weighted by molar-refractivity contribution is 0.0938. The van der Waals surface area contributed by atoms with E-state index in [0.717, 1.165) is 23.9 Å². The Morgan fingerprint density at radius 1 is 1.00 bits per heavy atom. The van der Waals surface area contributed by atoms with E-state index < -0.39 is 0 Å².